The first-order valence-corrected chi connectivity index (χ1v) is 6.73. The first-order valence-electron chi connectivity index (χ1n) is 6.35. The Hall–Kier alpha value is -0.620. The van der Waals surface area contributed by atoms with E-state index in [-0.39, 0.29) is 6.04 Å². The summed E-state index contributed by atoms with van der Waals surface area (Å²) in [5.74, 6) is 6.14. The van der Waals surface area contributed by atoms with Gasteiger partial charge < -0.3 is 4.74 Å². The van der Waals surface area contributed by atoms with E-state index >= 15 is 0 Å². The number of rotatable bonds is 8. The maximum absolute atomic E-state index is 6.24. The van der Waals surface area contributed by atoms with Gasteiger partial charge in [0.2, 0.25) is 0 Å². The smallest absolute Gasteiger partial charge is 0.0834 e. The molecule has 1 atom stereocenters. The minimum Gasteiger partial charge on any atom is -0.383 e. The fraction of sp³-hybridized carbons (Fsp3) is 0.750. The highest BCUT2D eigenvalue weighted by Gasteiger charge is 2.25. The molecule has 104 valence electrons. The predicted octanol–water partition coefficient (Wildman–Crippen LogP) is 2.12. The minimum absolute atomic E-state index is 0.0202. The van der Waals surface area contributed by atoms with Gasteiger partial charge in [0.25, 0.3) is 0 Å². The molecule has 1 aromatic heterocycles. The van der Waals surface area contributed by atoms with E-state index in [1.807, 2.05) is 4.68 Å². The molecule has 6 heteroatoms. The number of hydrogen-bond acceptors (Lipinski definition) is 4. The largest absolute Gasteiger partial charge is 0.383 e. The molecule has 5 nitrogen and oxygen atoms in total. The van der Waals surface area contributed by atoms with Crippen LogP contribution in [0.5, 0.6) is 0 Å². The summed E-state index contributed by atoms with van der Waals surface area (Å²) in [5.41, 5.74) is 3.83. The monoisotopic (exact) mass is 274 g/mol. The number of nitrogens with two attached hydrogens (primary N) is 1. The molecular formula is C12H23ClN4O. The third-order valence-electron chi connectivity index (χ3n) is 3.33. The normalized spacial score (nSPS) is 13.2. The predicted molar refractivity (Wildman–Crippen MR) is 73.2 cm³/mol. The van der Waals surface area contributed by atoms with Gasteiger partial charge in [0.15, 0.2) is 0 Å². The van der Waals surface area contributed by atoms with Gasteiger partial charge in [-0.3, -0.25) is 16.0 Å². The van der Waals surface area contributed by atoms with Crippen LogP contribution in [0, 0.1) is 5.92 Å². The third kappa shape index (κ3) is 3.45. The van der Waals surface area contributed by atoms with E-state index in [4.69, 9.17) is 22.2 Å². The van der Waals surface area contributed by atoms with Crippen molar-refractivity contribution in [3.05, 3.63) is 16.9 Å². The zero-order valence-electron chi connectivity index (χ0n) is 11.3. The third-order valence-corrected chi connectivity index (χ3v) is 3.63. The van der Waals surface area contributed by atoms with Gasteiger partial charge >= 0.3 is 0 Å². The Morgan fingerprint density at radius 3 is 2.67 bits per heavy atom. The van der Waals surface area contributed by atoms with Crippen molar-refractivity contribution in [2.45, 2.75) is 39.3 Å². The van der Waals surface area contributed by atoms with Crippen molar-refractivity contribution < 1.29 is 4.74 Å². The number of hydrogen-bond donors (Lipinski definition) is 2. The molecule has 0 saturated carbocycles. The number of nitrogens with zero attached hydrogens (tertiary/aromatic N) is 2. The van der Waals surface area contributed by atoms with Crippen LogP contribution in [-0.2, 0) is 11.3 Å². The molecule has 0 saturated heterocycles. The van der Waals surface area contributed by atoms with Crippen molar-refractivity contribution in [1.29, 1.82) is 0 Å². The Morgan fingerprint density at radius 2 is 2.17 bits per heavy atom. The molecule has 1 unspecified atom stereocenters. The highest BCUT2D eigenvalue weighted by Crippen LogP contribution is 2.31. The van der Waals surface area contributed by atoms with Crippen molar-refractivity contribution >= 4 is 11.6 Å². The summed E-state index contributed by atoms with van der Waals surface area (Å²) in [6.07, 6.45) is 3.74. The summed E-state index contributed by atoms with van der Waals surface area (Å²) in [4.78, 5) is 0. The number of nitrogens with one attached hydrogen (secondary N) is 1. The lowest BCUT2D eigenvalue weighted by atomic mass is 9.92. The number of methoxy groups -OCH3 is 1. The van der Waals surface area contributed by atoms with Crippen LogP contribution in [0.3, 0.4) is 0 Å². The molecule has 0 amide bonds. The van der Waals surface area contributed by atoms with Crippen LogP contribution in [0.25, 0.3) is 0 Å². The molecule has 0 radical (unpaired) electrons. The first kappa shape index (κ1) is 15.4. The van der Waals surface area contributed by atoms with E-state index in [1.54, 1.807) is 13.3 Å². The van der Waals surface area contributed by atoms with Crippen LogP contribution < -0.4 is 11.3 Å². The van der Waals surface area contributed by atoms with Gasteiger partial charge in [0.1, 0.15) is 0 Å². The summed E-state index contributed by atoms with van der Waals surface area (Å²) in [6, 6.07) is 0.0202. The molecule has 0 aromatic carbocycles. The van der Waals surface area contributed by atoms with Crippen molar-refractivity contribution in [1.82, 2.24) is 15.2 Å². The SMILES string of the molecule is CCC(CC)C(NN)c1c(Cl)cnn1CCOC. The molecule has 0 bridgehead atoms. The summed E-state index contributed by atoms with van der Waals surface area (Å²) < 4.78 is 6.95. The maximum Gasteiger partial charge on any atom is 0.0834 e. The molecule has 18 heavy (non-hydrogen) atoms. The van der Waals surface area contributed by atoms with Crippen molar-refractivity contribution in [2.75, 3.05) is 13.7 Å². The standard InChI is InChI=1S/C12H23ClN4O/c1-4-9(5-2)11(16-14)12-10(13)8-15-17(12)6-7-18-3/h8-9,11,16H,4-7,14H2,1-3H3. The second-order valence-electron chi connectivity index (χ2n) is 4.31. The molecular weight excluding hydrogens is 252 g/mol. The zero-order valence-corrected chi connectivity index (χ0v) is 12.1. The molecule has 0 aliphatic rings. The molecule has 0 aliphatic heterocycles. The average molecular weight is 275 g/mol. The quantitative estimate of drug-likeness (QED) is 0.563. The Kier molecular flexibility index (Phi) is 6.63. The Balaban J connectivity index is 2.99. The number of ether oxygens (including phenoxy) is 1. The van der Waals surface area contributed by atoms with Crippen LogP contribution in [-0.4, -0.2) is 23.5 Å². The van der Waals surface area contributed by atoms with Crippen LogP contribution >= 0.6 is 11.6 Å². The summed E-state index contributed by atoms with van der Waals surface area (Å²) >= 11 is 6.24. The zero-order chi connectivity index (χ0) is 13.5. The van der Waals surface area contributed by atoms with E-state index in [1.165, 1.54) is 0 Å². The van der Waals surface area contributed by atoms with Crippen LogP contribution in [0.1, 0.15) is 38.4 Å². The van der Waals surface area contributed by atoms with E-state index in [0.717, 1.165) is 18.5 Å². The van der Waals surface area contributed by atoms with Crippen LogP contribution in [0.4, 0.5) is 0 Å². The molecule has 1 heterocycles. The lowest BCUT2D eigenvalue weighted by Gasteiger charge is -2.25. The van der Waals surface area contributed by atoms with E-state index < -0.39 is 0 Å². The molecule has 3 N–H and O–H groups in total. The topological polar surface area (TPSA) is 65.1 Å². The van der Waals surface area contributed by atoms with Gasteiger partial charge in [0, 0.05) is 7.11 Å². The van der Waals surface area contributed by atoms with E-state index in [0.29, 0.717) is 24.1 Å². The highest BCUT2D eigenvalue weighted by molar-refractivity contribution is 6.31. The van der Waals surface area contributed by atoms with Gasteiger partial charge in [-0.25, -0.2) is 0 Å². The number of halogens is 1. The van der Waals surface area contributed by atoms with Crippen molar-refractivity contribution in [3.8, 4) is 0 Å². The fourth-order valence-electron chi connectivity index (χ4n) is 2.24. The summed E-state index contributed by atoms with van der Waals surface area (Å²) in [7, 11) is 1.67. The molecule has 0 aliphatic carbocycles. The molecule has 1 aromatic rings. The number of aromatic nitrogens is 2. The first-order chi connectivity index (χ1) is 8.69. The second-order valence-corrected chi connectivity index (χ2v) is 4.72. The summed E-state index contributed by atoms with van der Waals surface area (Å²) in [6.45, 7) is 5.59. The lowest BCUT2D eigenvalue weighted by molar-refractivity contribution is 0.180. The Morgan fingerprint density at radius 1 is 1.50 bits per heavy atom. The highest BCUT2D eigenvalue weighted by atomic mass is 35.5. The Bertz CT molecular complexity index is 352. The maximum atomic E-state index is 6.24. The van der Waals surface area contributed by atoms with Crippen LogP contribution in [0.2, 0.25) is 5.02 Å². The van der Waals surface area contributed by atoms with E-state index in [9.17, 15) is 0 Å². The summed E-state index contributed by atoms with van der Waals surface area (Å²) in [5, 5.41) is 4.94. The van der Waals surface area contributed by atoms with Gasteiger partial charge in [-0.05, 0) is 5.92 Å². The van der Waals surface area contributed by atoms with Crippen molar-refractivity contribution in [3.63, 3.8) is 0 Å². The van der Waals surface area contributed by atoms with E-state index in [2.05, 4.69) is 24.4 Å². The van der Waals surface area contributed by atoms with Gasteiger partial charge in [-0.1, -0.05) is 38.3 Å². The van der Waals surface area contributed by atoms with Gasteiger partial charge in [-0.15, -0.1) is 0 Å². The van der Waals surface area contributed by atoms with Gasteiger partial charge in [0.05, 0.1) is 36.1 Å². The molecule has 1 rings (SSSR count). The van der Waals surface area contributed by atoms with Gasteiger partial charge in [-0.2, -0.15) is 5.10 Å². The lowest BCUT2D eigenvalue weighted by Crippen LogP contribution is -2.35. The molecule has 0 fully saturated rings. The fourth-order valence-corrected chi connectivity index (χ4v) is 2.49. The minimum atomic E-state index is 0.0202. The number of hydrazine groups is 1. The average Bonchev–Trinajstić information content (AvgIpc) is 2.74. The van der Waals surface area contributed by atoms with Crippen LogP contribution in [0.15, 0.2) is 6.20 Å². The molecule has 0 spiro atoms. The van der Waals surface area contributed by atoms with Crippen molar-refractivity contribution in [2.24, 2.45) is 11.8 Å². The second kappa shape index (κ2) is 7.74. The Labute approximate surface area is 114 Å².